The minimum atomic E-state index is 0.0428. The summed E-state index contributed by atoms with van der Waals surface area (Å²) in [5.74, 6) is 0. The topological polar surface area (TPSA) is 50.1 Å². The van der Waals surface area contributed by atoms with Crippen LogP contribution in [0.25, 0.3) is 22.2 Å². The highest BCUT2D eigenvalue weighted by Crippen LogP contribution is 2.37. The number of pyridine rings is 1. The Balaban J connectivity index is 2.26. The lowest BCUT2D eigenvalue weighted by Gasteiger charge is -2.17. The first-order valence-electron chi connectivity index (χ1n) is 9.28. The van der Waals surface area contributed by atoms with E-state index in [9.17, 15) is 5.11 Å². The fourth-order valence-electron chi connectivity index (χ4n) is 3.93. The van der Waals surface area contributed by atoms with E-state index in [4.69, 9.17) is 4.98 Å². The summed E-state index contributed by atoms with van der Waals surface area (Å²) in [6.45, 7) is 10.7. The molecule has 1 unspecified atom stereocenters. The molecule has 3 rings (SSSR count). The second kappa shape index (κ2) is 7.12. The summed E-state index contributed by atoms with van der Waals surface area (Å²) in [5, 5.41) is 13.1. The second-order valence-corrected chi connectivity index (χ2v) is 7.37. The molecule has 2 heterocycles. The molecular weight excluding hydrogens is 322 g/mol. The van der Waals surface area contributed by atoms with Crippen LogP contribution in [0.3, 0.4) is 0 Å². The van der Waals surface area contributed by atoms with E-state index in [-0.39, 0.29) is 12.6 Å². The van der Waals surface area contributed by atoms with Crippen LogP contribution in [0.4, 0.5) is 5.69 Å². The van der Waals surface area contributed by atoms with Crippen molar-refractivity contribution in [3.8, 4) is 11.1 Å². The van der Waals surface area contributed by atoms with Crippen molar-refractivity contribution in [2.75, 3.05) is 11.9 Å². The summed E-state index contributed by atoms with van der Waals surface area (Å²) >= 11 is 0. The molecule has 0 spiro atoms. The van der Waals surface area contributed by atoms with Gasteiger partial charge in [-0.15, -0.1) is 0 Å². The molecule has 0 radical (unpaired) electrons. The van der Waals surface area contributed by atoms with E-state index in [0.717, 1.165) is 28.8 Å². The van der Waals surface area contributed by atoms with Crippen molar-refractivity contribution in [1.82, 2.24) is 9.55 Å². The number of aromatic nitrogens is 2. The first-order valence-corrected chi connectivity index (χ1v) is 9.28. The van der Waals surface area contributed by atoms with Crippen LogP contribution >= 0.6 is 0 Å². The Morgan fingerprint density at radius 2 is 1.77 bits per heavy atom. The number of nitrogens with one attached hydrogen (secondary N) is 1. The standard InChI is InChI=1S/C22H29N3O/c1-7-17(12-26)24-19-10-16(5)23-21-18(11-25(6)22(19)21)20-14(3)8-13(2)9-15(20)4/h8-11,17,26H,7,12H2,1-6H3,(H,23,24). The van der Waals surface area contributed by atoms with Crippen LogP contribution in [0.2, 0.25) is 0 Å². The van der Waals surface area contributed by atoms with Crippen molar-refractivity contribution in [3.63, 3.8) is 0 Å². The molecule has 0 aliphatic heterocycles. The predicted octanol–water partition coefficient (Wildman–Crippen LogP) is 4.66. The van der Waals surface area contributed by atoms with Crippen molar-refractivity contribution < 1.29 is 5.11 Å². The van der Waals surface area contributed by atoms with E-state index >= 15 is 0 Å². The molecule has 0 aliphatic rings. The highest BCUT2D eigenvalue weighted by atomic mass is 16.3. The molecule has 26 heavy (non-hydrogen) atoms. The fraction of sp³-hybridized carbons (Fsp3) is 0.409. The SMILES string of the molecule is CCC(CO)Nc1cc(C)nc2c(-c3c(C)cc(C)cc3C)cn(C)c12. The maximum atomic E-state index is 9.60. The van der Waals surface area contributed by atoms with Crippen molar-refractivity contribution in [2.24, 2.45) is 7.05 Å². The van der Waals surface area contributed by atoms with Gasteiger partial charge in [0.25, 0.3) is 0 Å². The Kier molecular flexibility index (Phi) is 5.05. The molecule has 1 atom stereocenters. The van der Waals surface area contributed by atoms with Gasteiger partial charge in [-0.25, -0.2) is 0 Å². The number of hydrogen-bond donors (Lipinski definition) is 2. The van der Waals surface area contributed by atoms with Gasteiger partial charge in [-0.1, -0.05) is 24.6 Å². The van der Waals surface area contributed by atoms with E-state index in [1.54, 1.807) is 0 Å². The molecule has 4 heteroatoms. The van der Waals surface area contributed by atoms with Gasteiger partial charge in [0.05, 0.1) is 23.3 Å². The van der Waals surface area contributed by atoms with E-state index < -0.39 is 0 Å². The molecule has 4 nitrogen and oxygen atoms in total. The van der Waals surface area contributed by atoms with Crippen LogP contribution in [0, 0.1) is 27.7 Å². The number of fused-ring (bicyclic) bond motifs is 1. The molecule has 0 saturated heterocycles. The highest BCUT2D eigenvalue weighted by Gasteiger charge is 2.18. The molecule has 0 fully saturated rings. The molecular formula is C22H29N3O. The molecule has 0 amide bonds. The average molecular weight is 351 g/mol. The quantitative estimate of drug-likeness (QED) is 0.703. The number of aryl methyl sites for hydroxylation is 5. The molecule has 3 aromatic rings. The van der Waals surface area contributed by atoms with Crippen LogP contribution in [0.1, 0.15) is 35.7 Å². The molecule has 2 N–H and O–H groups in total. The van der Waals surface area contributed by atoms with Gasteiger partial charge in [0.1, 0.15) is 0 Å². The Bertz CT molecular complexity index is 929. The highest BCUT2D eigenvalue weighted by molar-refractivity contribution is 6.00. The molecule has 0 aliphatic carbocycles. The molecule has 0 saturated carbocycles. The maximum Gasteiger partial charge on any atom is 0.0984 e. The average Bonchev–Trinajstić information content (AvgIpc) is 2.88. The largest absolute Gasteiger partial charge is 0.394 e. The van der Waals surface area contributed by atoms with E-state index in [0.29, 0.717) is 0 Å². The predicted molar refractivity (Wildman–Crippen MR) is 110 cm³/mol. The number of benzene rings is 1. The second-order valence-electron chi connectivity index (χ2n) is 7.37. The minimum absolute atomic E-state index is 0.0428. The fourth-order valence-corrected chi connectivity index (χ4v) is 3.93. The van der Waals surface area contributed by atoms with Crippen LogP contribution in [0.15, 0.2) is 24.4 Å². The monoisotopic (exact) mass is 351 g/mol. The first-order chi connectivity index (χ1) is 12.3. The third kappa shape index (κ3) is 3.21. The van der Waals surface area contributed by atoms with Crippen molar-refractivity contribution in [3.05, 3.63) is 46.8 Å². The van der Waals surface area contributed by atoms with Crippen molar-refractivity contribution in [1.29, 1.82) is 0 Å². The van der Waals surface area contributed by atoms with Crippen molar-refractivity contribution in [2.45, 2.75) is 47.1 Å². The van der Waals surface area contributed by atoms with E-state index in [1.165, 1.54) is 27.8 Å². The smallest absolute Gasteiger partial charge is 0.0984 e. The number of nitrogens with zero attached hydrogens (tertiary/aromatic N) is 2. The maximum absolute atomic E-state index is 9.60. The van der Waals surface area contributed by atoms with Gasteiger partial charge in [-0.05, 0) is 56.9 Å². The third-order valence-corrected chi connectivity index (χ3v) is 5.07. The Hall–Kier alpha value is -2.33. The van der Waals surface area contributed by atoms with Gasteiger partial charge in [0, 0.05) is 30.5 Å². The van der Waals surface area contributed by atoms with Crippen LogP contribution in [-0.4, -0.2) is 27.3 Å². The summed E-state index contributed by atoms with van der Waals surface area (Å²) in [6, 6.07) is 6.57. The Morgan fingerprint density at radius 3 is 2.35 bits per heavy atom. The number of aliphatic hydroxyl groups is 1. The Morgan fingerprint density at radius 1 is 1.12 bits per heavy atom. The lowest BCUT2D eigenvalue weighted by Crippen LogP contribution is -2.23. The van der Waals surface area contributed by atoms with Gasteiger partial charge in [0.2, 0.25) is 0 Å². The third-order valence-electron chi connectivity index (χ3n) is 5.07. The van der Waals surface area contributed by atoms with Gasteiger partial charge >= 0.3 is 0 Å². The van der Waals surface area contributed by atoms with Crippen LogP contribution in [0.5, 0.6) is 0 Å². The molecule has 138 valence electrons. The summed E-state index contributed by atoms with van der Waals surface area (Å²) in [5.41, 5.74) is 10.4. The molecule has 1 aromatic carbocycles. The zero-order chi connectivity index (χ0) is 19.0. The van der Waals surface area contributed by atoms with Crippen LogP contribution < -0.4 is 5.32 Å². The lowest BCUT2D eigenvalue weighted by atomic mass is 9.94. The minimum Gasteiger partial charge on any atom is -0.394 e. The number of aliphatic hydroxyl groups excluding tert-OH is 1. The van der Waals surface area contributed by atoms with E-state index in [2.05, 4.69) is 69.0 Å². The lowest BCUT2D eigenvalue weighted by molar-refractivity contribution is 0.272. The normalized spacial score (nSPS) is 12.6. The summed E-state index contributed by atoms with van der Waals surface area (Å²) < 4.78 is 2.14. The Labute approximate surface area is 155 Å². The van der Waals surface area contributed by atoms with Gasteiger partial charge in [0.15, 0.2) is 0 Å². The number of rotatable bonds is 5. The zero-order valence-electron chi connectivity index (χ0n) is 16.6. The number of anilines is 1. The van der Waals surface area contributed by atoms with Gasteiger partial charge < -0.3 is 15.0 Å². The first kappa shape index (κ1) is 18.5. The molecule has 2 aromatic heterocycles. The van der Waals surface area contributed by atoms with E-state index in [1.807, 2.05) is 6.92 Å². The summed E-state index contributed by atoms with van der Waals surface area (Å²) in [6.07, 6.45) is 3.04. The van der Waals surface area contributed by atoms with Gasteiger partial charge in [-0.3, -0.25) is 4.98 Å². The number of hydrogen-bond acceptors (Lipinski definition) is 3. The van der Waals surface area contributed by atoms with Gasteiger partial charge in [-0.2, -0.15) is 0 Å². The summed E-state index contributed by atoms with van der Waals surface area (Å²) in [7, 11) is 2.06. The van der Waals surface area contributed by atoms with Crippen LogP contribution in [-0.2, 0) is 7.05 Å². The summed E-state index contributed by atoms with van der Waals surface area (Å²) in [4.78, 5) is 4.87. The molecule has 0 bridgehead atoms. The zero-order valence-corrected chi connectivity index (χ0v) is 16.6. The van der Waals surface area contributed by atoms with Crippen molar-refractivity contribution >= 4 is 16.7 Å².